The van der Waals surface area contributed by atoms with Gasteiger partial charge in [-0.1, -0.05) is 11.6 Å². The fourth-order valence-electron chi connectivity index (χ4n) is 1.58. The number of anilines is 2. The molecule has 19 heavy (non-hydrogen) atoms. The Morgan fingerprint density at radius 3 is 2.47 bits per heavy atom. The standard InChI is InChI=1S/C14H12ClNO3/c1-19-11-6-7-12(15)13(8-11)16-10-4-2-9(3-5-10)14(17)18/h2-8,16H,1H3,(H,17,18). The Bertz CT molecular complexity index is 596. The number of nitrogens with one attached hydrogen (secondary N) is 1. The zero-order valence-electron chi connectivity index (χ0n) is 10.2. The molecule has 98 valence electrons. The summed E-state index contributed by atoms with van der Waals surface area (Å²) in [6.07, 6.45) is 0. The maximum atomic E-state index is 10.8. The topological polar surface area (TPSA) is 58.6 Å². The van der Waals surface area contributed by atoms with E-state index in [2.05, 4.69) is 5.32 Å². The summed E-state index contributed by atoms with van der Waals surface area (Å²) in [6.45, 7) is 0. The third-order valence-electron chi connectivity index (χ3n) is 2.58. The SMILES string of the molecule is COc1ccc(Cl)c(Nc2ccc(C(=O)O)cc2)c1. The summed E-state index contributed by atoms with van der Waals surface area (Å²) in [5.74, 6) is -0.264. The van der Waals surface area contributed by atoms with E-state index in [-0.39, 0.29) is 5.56 Å². The van der Waals surface area contributed by atoms with E-state index in [1.54, 1.807) is 37.4 Å². The van der Waals surface area contributed by atoms with E-state index in [0.29, 0.717) is 16.5 Å². The molecule has 0 saturated heterocycles. The Morgan fingerprint density at radius 2 is 1.89 bits per heavy atom. The van der Waals surface area contributed by atoms with Gasteiger partial charge >= 0.3 is 5.97 Å². The molecule has 0 aromatic heterocycles. The van der Waals surface area contributed by atoms with Crippen LogP contribution in [0.15, 0.2) is 42.5 Å². The van der Waals surface area contributed by atoms with Crippen molar-refractivity contribution in [1.82, 2.24) is 0 Å². The number of halogens is 1. The van der Waals surface area contributed by atoms with E-state index in [0.717, 1.165) is 5.69 Å². The van der Waals surface area contributed by atoms with Gasteiger partial charge in [0.1, 0.15) is 5.75 Å². The van der Waals surface area contributed by atoms with Crippen LogP contribution in [0, 0.1) is 0 Å². The number of carboxylic acid groups (broad SMARTS) is 1. The molecule has 0 fully saturated rings. The highest BCUT2D eigenvalue weighted by Crippen LogP contribution is 2.29. The van der Waals surface area contributed by atoms with Gasteiger partial charge in [0.15, 0.2) is 0 Å². The summed E-state index contributed by atoms with van der Waals surface area (Å²) in [5.41, 5.74) is 1.69. The molecule has 2 aromatic carbocycles. The number of hydrogen-bond donors (Lipinski definition) is 2. The first-order valence-electron chi connectivity index (χ1n) is 5.54. The lowest BCUT2D eigenvalue weighted by Crippen LogP contribution is -1.97. The minimum atomic E-state index is -0.953. The van der Waals surface area contributed by atoms with E-state index in [9.17, 15) is 4.79 Å². The van der Waals surface area contributed by atoms with Crippen LogP contribution in [-0.2, 0) is 0 Å². The van der Waals surface area contributed by atoms with Crippen LogP contribution in [0.4, 0.5) is 11.4 Å². The molecule has 0 heterocycles. The molecule has 2 aromatic rings. The van der Waals surface area contributed by atoms with Crippen molar-refractivity contribution in [1.29, 1.82) is 0 Å². The van der Waals surface area contributed by atoms with E-state index in [1.165, 1.54) is 12.1 Å². The molecule has 0 radical (unpaired) electrons. The molecule has 0 aliphatic rings. The van der Waals surface area contributed by atoms with Crippen LogP contribution in [-0.4, -0.2) is 18.2 Å². The molecule has 0 saturated carbocycles. The molecule has 0 aliphatic heterocycles. The zero-order valence-corrected chi connectivity index (χ0v) is 10.9. The van der Waals surface area contributed by atoms with Crippen molar-refractivity contribution < 1.29 is 14.6 Å². The van der Waals surface area contributed by atoms with Gasteiger partial charge in [-0.05, 0) is 36.4 Å². The number of carboxylic acids is 1. The molecule has 0 aliphatic carbocycles. The van der Waals surface area contributed by atoms with Gasteiger partial charge in [0.25, 0.3) is 0 Å². The Hall–Kier alpha value is -2.20. The summed E-state index contributed by atoms with van der Waals surface area (Å²) in [5, 5.41) is 12.5. The smallest absolute Gasteiger partial charge is 0.335 e. The summed E-state index contributed by atoms with van der Waals surface area (Å²) < 4.78 is 5.12. The lowest BCUT2D eigenvalue weighted by molar-refractivity contribution is 0.0697. The molecule has 0 atom stereocenters. The van der Waals surface area contributed by atoms with Crippen LogP contribution in [0.5, 0.6) is 5.75 Å². The molecular weight excluding hydrogens is 266 g/mol. The summed E-state index contributed by atoms with van der Waals surface area (Å²) in [7, 11) is 1.58. The summed E-state index contributed by atoms with van der Waals surface area (Å²) in [6, 6.07) is 11.7. The first kappa shape index (κ1) is 13.2. The molecule has 0 spiro atoms. The van der Waals surface area contributed by atoms with Gasteiger partial charge < -0.3 is 15.2 Å². The monoisotopic (exact) mass is 277 g/mol. The lowest BCUT2D eigenvalue weighted by Gasteiger charge is -2.10. The molecule has 5 heteroatoms. The van der Waals surface area contributed by atoms with E-state index < -0.39 is 5.97 Å². The Kier molecular flexibility index (Phi) is 3.92. The first-order chi connectivity index (χ1) is 9.10. The highest BCUT2D eigenvalue weighted by atomic mass is 35.5. The van der Waals surface area contributed by atoms with Gasteiger partial charge in [-0.25, -0.2) is 4.79 Å². The van der Waals surface area contributed by atoms with Crippen molar-refractivity contribution in [3.8, 4) is 5.75 Å². The average Bonchev–Trinajstić information content (AvgIpc) is 2.42. The molecule has 4 nitrogen and oxygen atoms in total. The fourth-order valence-corrected chi connectivity index (χ4v) is 1.74. The number of methoxy groups -OCH3 is 1. The van der Waals surface area contributed by atoms with Crippen LogP contribution in [0.3, 0.4) is 0 Å². The van der Waals surface area contributed by atoms with Crippen LogP contribution in [0.2, 0.25) is 5.02 Å². The van der Waals surface area contributed by atoms with Crippen molar-refractivity contribution >= 4 is 28.9 Å². The molecule has 2 rings (SSSR count). The second kappa shape index (κ2) is 5.63. The lowest BCUT2D eigenvalue weighted by atomic mass is 10.2. The maximum Gasteiger partial charge on any atom is 0.335 e. The van der Waals surface area contributed by atoms with Gasteiger partial charge in [0.05, 0.1) is 23.4 Å². The van der Waals surface area contributed by atoms with Gasteiger partial charge in [-0.15, -0.1) is 0 Å². The van der Waals surface area contributed by atoms with Gasteiger partial charge in [-0.2, -0.15) is 0 Å². The zero-order chi connectivity index (χ0) is 13.8. The van der Waals surface area contributed by atoms with E-state index in [1.807, 2.05) is 0 Å². The Balaban J connectivity index is 2.23. The second-order valence-electron chi connectivity index (χ2n) is 3.85. The van der Waals surface area contributed by atoms with Gasteiger partial charge in [0.2, 0.25) is 0 Å². The summed E-state index contributed by atoms with van der Waals surface area (Å²) in [4.78, 5) is 10.8. The molecule has 2 N–H and O–H groups in total. The predicted octanol–water partition coefficient (Wildman–Crippen LogP) is 3.79. The highest BCUT2D eigenvalue weighted by molar-refractivity contribution is 6.33. The van der Waals surface area contributed by atoms with Crippen LogP contribution >= 0.6 is 11.6 Å². The molecular formula is C14H12ClNO3. The number of benzene rings is 2. The summed E-state index contributed by atoms with van der Waals surface area (Å²) >= 11 is 6.07. The second-order valence-corrected chi connectivity index (χ2v) is 4.26. The van der Waals surface area contributed by atoms with Crippen LogP contribution in [0.25, 0.3) is 0 Å². The highest BCUT2D eigenvalue weighted by Gasteiger charge is 2.05. The quantitative estimate of drug-likeness (QED) is 0.893. The van der Waals surface area contributed by atoms with Crippen LogP contribution < -0.4 is 10.1 Å². The largest absolute Gasteiger partial charge is 0.497 e. The number of hydrogen-bond acceptors (Lipinski definition) is 3. The third kappa shape index (κ3) is 3.17. The van der Waals surface area contributed by atoms with Gasteiger partial charge in [0, 0.05) is 11.8 Å². The van der Waals surface area contributed by atoms with Crippen molar-refractivity contribution in [2.75, 3.05) is 12.4 Å². The van der Waals surface area contributed by atoms with Gasteiger partial charge in [-0.3, -0.25) is 0 Å². The Morgan fingerprint density at radius 1 is 1.21 bits per heavy atom. The fraction of sp³-hybridized carbons (Fsp3) is 0.0714. The molecule has 0 unspecified atom stereocenters. The first-order valence-corrected chi connectivity index (χ1v) is 5.92. The maximum absolute atomic E-state index is 10.8. The number of rotatable bonds is 4. The van der Waals surface area contributed by atoms with Crippen molar-refractivity contribution in [3.63, 3.8) is 0 Å². The van der Waals surface area contributed by atoms with E-state index >= 15 is 0 Å². The normalized spacial score (nSPS) is 10.0. The predicted molar refractivity (Wildman–Crippen MR) is 74.7 cm³/mol. The number of aromatic carboxylic acids is 1. The average molecular weight is 278 g/mol. The number of ether oxygens (including phenoxy) is 1. The van der Waals surface area contributed by atoms with Crippen molar-refractivity contribution in [3.05, 3.63) is 53.1 Å². The molecule has 0 bridgehead atoms. The Labute approximate surface area is 115 Å². The molecule has 0 amide bonds. The third-order valence-corrected chi connectivity index (χ3v) is 2.91. The minimum Gasteiger partial charge on any atom is -0.497 e. The van der Waals surface area contributed by atoms with Crippen molar-refractivity contribution in [2.24, 2.45) is 0 Å². The number of carbonyl (C=O) groups is 1. The minimum absolute atomic E-state index is 0.238. The van der Waals surface area contributed by atoms with Crippen LogP contribution in [0.1, 0.15) is 10.4 Å². The van der Waals surface area contributed by atoms with Crippen molar-refractivity contribution in [2.45, 2.75) is 0 Å². The van der Waals surface area contributed by atoms with E-state index in [4.69, 9.17) is 21.4 Å².